The Labute approximate surface area is 195 Å². The fourth-order valence-corrected chi connectivity index (χ4v) is 4.71. The van der Waals surface area contributed by atoms with Gasteiger partial charge in [-0.3, -0.25) is 4.90 Å². The Morgan fingerprint density at radius 2 is 1.88 bits per heavy atom. The van der Waals surface area contributed by atoms with Crippen LogP contribution in [0.3, 0.4) is 0 Å². The number of hydrogen-bond acceptors (Lipinski definition) is 5. The lowest BCUT2D eigenvalue weighted by Gasteiger charge is -2.35. The molecule has 1 saturated heterocycles. The number of rotatable bonds is 7. The number of methoxy groups -OCH3 is 1. The van der Waals surface area contributed by atoms with Crippen LogP contribution in [0.15, 0.2) is 77.5 Å². The van der Waals surface area contributed by atoms with Crippen molar-refractivity contribution in [1.82, 2.24) is 10.2 Å². The smallest absolute Gasteiger partial charge is 0.282 e. The van der Waals surface area contributed by atoms with Crippen LogP contribution in [0.5, 0.6) is 0 Å². The van der Waals surface area contributed by atoms with Crippen LogP contribution < -0.4 is 5.32 Å². The number of alkyl halides is 1. The molecule has 5 nitrogen and oxygen atoms in total. The van der Waals surface area contributed by atoms with Crippen molar-refractivity contribution >= 4 is 11.3 Å². The molecule has 0 spiro atoms. The van der Waals surface area contributed by atoms with Crippen LogP contribution in [0.1, 0.15) is 36.1 Å². The van der Waals surface area contributed by atoms with Crippen LogP contribution in [0.25, 0.3) is 5.57 Å². The molecule has 1 aliphatic carbocycles. The second kappa shape index (κ2) is 10.4. The Hall–Kier alpha value is -2.80. The normalized spacial score (nSPS) is 25.1. The van der Waals surface area contributed by atoms with Crippen LogP contribution in [-0.2, 0) is 11.2 Å². The SMILES string of the molecule is CCN1CCNCC1c1ccc(CCC2=CC(=NO)C(F)(OC)C(c3ccccc3)=C2)cc1. The number of oxime groups is 1. The van der Waals surface area contributed by atoms with Gasteiger partial charge in [0.05, 0.1) is 0 Å². The number of aryl methyl sites for hydroxylation is 1. The average molecular weight is 450 g/mol. The molecule has 2 atom stereocenters. The van der Waals surface area contributed by atoms with Gasteiger partial charge in [0.25, 0.3) is 5.85 Å². The van der Waals surface area contributed by atoms with Crippen molar-refractivity contribution in [2.75, 3.05) is 33.3 Å². The Morgan fingerprint density at radius 1 is 1.12 bits per heavy atom. The zero-order chi connectivity index (χ0) is 23.3. The predicted molar refractivity (Wildman–Crippen MR) is 130 cm³/mol. The van der Waals surface area contributed by atoms with Crippen molar-refractivity contribution in [3.05, 3.63) is 89.0 Å². The standard InChI is InChI=1S/C27H32FN3O2/c1-3-31-16-15-29-19-25(31)23-13-11-20(12-14-23)9-10-21-17-24(22-7-5-4-6-8-22)27(28,33-2)26(18-21)30-32/h4-8,11-14,17-18,25,29,32H,3,9-10,15-16,19H2,1-2H3. The summed E-state index contributed by atoms with van der Waals surface area (Å²) in [5.41, 5.74) is 4.33. The van der Waals surface area contributed by atoms with Gasteiger partial charge >= 0.3 is 0 Å². The zero-order valence-electron chi connectivity index (χ0n) is 19.3. The van der Waals surface area contributed by atoms with Crippen LogP contribution in [-0.4, -0.2) is 55.0 Å². The quantitative estimate of drug-likeness (QED) is 0.473. The minimum Gasteiger partial charge on any atom is -0.410 e. The van der Waals surface area contributed by atoms with Gasteiger partial charge in [-0.15, -0.1) is 0 Å². The van der Waals surface area contributed by atoms with Gasteiger partial charge in [-0.2, -0.15) is 4.39 Å². The number of nitrogens with one attached hydrogen (secondary N) is 1. The Morgan fingerprint density at radius 3 is 2.55 bits per heavy atom. The van der Waals surface area contributed by atoms with Gasteiger partial charge in [-0.25, -0.2) is 0 Å². The highest BCUT2D eigenvalue weighted by Gasteiger charge is 2.43. The largest absolute Gasteiger partial charge is 0.410 e. The van der Waals surface area contributed by atoms with Crippen molar-refractivity contribution in [3.8, 4) is 0 Å². The Bertz CT molecular complexity index is 1030. The van der Waals surface area contributed by atoms with E-state index in [0.29, 0.717) is 23.6 Å². The zero-order valence-corrected chi connectivity index (χ0v) is 19.3. The minimum absolute atomic E-state index is 0.138. The van der Waals surface area contributed by atoms with Crippen LogP contribution in [0.2, 0.25) is 0 Å². The van der Waals surface area contributed by atoms with Gasteiger partial charge in [0.15, 0.2) is 0 Å². The summed E-state index contributed by atoms with van der Waals surface area (Å²) in [6.07, 6.45) is 4.89. The number of allylic oxidation sites excluding steroid dienone is 2. The first kappa shape index (κ1) is 23.4. The highest BCUT2D eigenvalue weighted by Crippen LogP contribution is 2.38. The molecule has 6 heteroatoms. The summed E-state index contributed by atoms with van der Waals surface area (Å²) in [7, 11) is 1.28. The lowest BCUT2D eigenvalue weighted by molar-refractivity contribution is -0.0119. The van der Waals surface area contributed by atoms with E-state index in [0.717, 1.165) is 38.2 Å². The molecule has 1 aliphatic heterocycles. The van der Waals surface area contributed by atoms with E-state index in [9.17, 15) is 5.21 Å². The van der Waals surface area contributed by atoms with Crippen molar-refractivity contribution in [2.24, 2.45) is 5.16 Å². The predicted octanol–water partition coefficient (Wildman–Crippen LogP) is 4.75. The molecule has 0 amide bonds. The van der Waals surface area contributed by atoms with Gasteiger partial charge in [0.2, 0.25) is 0 Å². The molecule has 2 aromatic carbocycles. The molecule has 2 aliphatic rings. The molecule has 0 aromatic heterocycles. The molecule has 2 aromatic rings. The van der Waals surface area contributed by atoms with E-state index in [1.807, 2.05) is 36.4 Å². The van der Waals surface area contributed by atoms with Crippen molar-refractivity contribution in [3.63, 3.8) is 0 Å². The molecule has 1 fully saturated rings. The Balaban J connectivity index is 1.51. The fraction of sp³-hybridized carbons (Fsp3) is 0.370. The molecule has 0 saturated carbocycles. The highest BCUT2D eigenvalue weighted by atomic mass is 19.2. The number of benzene rings is 2. The summed E-state index contributed by atoms with van der Waals surface area (Å²) < 4.78 is 20.9. The molecule has 174 valence electrons. The fourth-order valence-electron chi connectivity index (χ4n) is 4.71. The number of piperazine rings is 1. The molecular weight excluding hydrogens is 417 g/mol. The topological polar surface area (TPSA) is 57.1 Å². The van der Waals surface area contributed by atoms with E-state index in [1.165, 1.54) is 18.2 Å². The molecule has 2 unspecified atom stereocenters. The van der Waals surface area contributed by atoms with Crippen molar-refractivity contribution in [1.29, 1.82) is 0 Å². The molecule has 1 heterocycles. The average Bonchev–Trinajstić information content (AvgIpc) is 2.88. The second-order valence-corrected chi connectivity index (χ2v) is 8.52. The van der Waals surface area contributed by atoms with E-state index in [-0.39, 0.29) is 5.71 Å². The van der Waals surface area contributed by atoms with E-state index in [4.69, 9.17) is 4.74 Å². The van der Waals surface area contributed by atoms with Gasteiger partial charge in [-0.05, 0) is 53.8 Å². The number of halogens is 1. The van der Waals surface area contributed by atoms with E-state index in [1.54, 1.807) is 6.08 Å². The lowest BCUT2D eigenvalue weighted by atomic mass is 9.86. The summed E-state index contributed by atoms with van der Waals surface area (Å²) in [5.74, 6) is -2.29. The summed E-state index contributed by atoms with van der Waals surface area (Å²) in [6.45, 7) is 6.34. The summed E-state index contributed by atoms with van der Waals surface area (Å²) in [4.78, 5) is 2.50. The first-order chi connectivity index (χ1) is 16.1. The number of likely N-dealkylation sites (N-methyl/N-ethyl adjacent to an activating group) is 1. The van der Waals surface area contributed by atoms with Gasteiger partial charge < -0.3 is 15.3 Å². The van der Waals surface area contributed by atoms with Gasteiger partial charge in [0, 0.05) is 38.4 Å². The highest BCUT2D eigenvalue weighted by molar-refractivity contribution is 6.11. The van der Waals surface area contributed by atoms with Gasteiger partial charge in [-0.1, -0.05) is 66.7 Å². The lowest BCUT2D eigenvalue weighted by Crippen LogP contribution is -2.45. The third-order valence-electron chi connectivity index (χ3n) is 6.63. The Kier molecular flexibility index (Phi) is 7.38. The van der Waals surface area contributed by atoms with Gasteiger partial charge in [0.1, 0.15) is 5.71 Å². The number of hydrogen-bond donors (Lipinski definition) is 2. The summed E-state index contributed by atoms with van der Waals surface area (Å²) in [5, 5.41) is 16.2. The molecule has 0 radical (unpaired) electrons. The third-order valence-corrected chi connectivity index (χ3v) is 6.63. The maximum absolute atomic E-state index is 15.7. The monoisotopic (exact) mass is 449 g/mol. The van der Waals surface area contributed by atoms with Crippen molar-refractivity contribution in [2.45, 2.75) is 31.7 Å². The maximum Gasteiger partial charge on any atom is 0.282 e. The van der Waals surface area contributed by atoms with Crippen LogP contribution >= 0.6 is 0 Å². The second-order valence-electron chi connectivity index (χ2n) is 8.52. The first-order valence-electron chi connectivity index (χ1n) is 11.6. The van der Waals surface area contributed by atoms with Crippen LogP contribution in [0.4, 0.5) is 4.39 Å². The maximum atomic E-state index is 15.7. The molecule has 4 rings (SSSR count). The summed E-state index contributed by atoms with van der Waals surface area (Å²) >= 11 is 0. The van der Waals surface area contributed by atoms with E-state index >= 15 is 4.39 Å². The first-order valence-corrected chi connectivity index (χ1v) is 11.6. The number of nitrogens with zero attached hydrogens (tertiary/aromatic N) is 2. The molecule has 2 N–H and O–H groups in total. The third kappa shape index (κ3) is 4.93. The van der Waals surface area contributed by atoms with Crippen LogP contribution in [0, 0.1) is 0 Å². The minimum atomic E-state index is -2.29. The van der Waals surface area contributed by atoms with Crippen molar-refractivity contribution < 1.29 is 14.3 Å². The number of ether oxygens (including phenoxy) is 1. The molecular formula is C27H32FN3O2. The molecule has 0 bridgehead atoms. The van der Waals surface area contributed by atoms with E-state index < -0.39 is 5.85 Å². The van der Waals surface area contributed by atoms with E-state index in [2.05, 4.69) is 46.6 Å². The molecule has 33 heavy (non-hydrogen) atoms. The summed E-state index contributed by atoms with van der Waals surface area (Å²) in [6, 6.07) is 18.4.